The minimum absolute atomic E-state index is 0.112. The minimum Gasteiger partial charge on any atom is -0.370 e. The molecule has 4 atom stereocenters. The van der Waals surface area contributed by atoms with Crippen LogP contribution >= 0.6 is 0 Å². The van der Waals surface area contributed by atoms with Crippen molar-refractivity contribution in [2.24, 2.45) is 17.6 Å². The number of rotatable bonds is 5. The summed E-state index contributed by atoms with van der Waals surface area (Å²) in [5.41, 5.74) is 5.27. The largest absolute Gasteiger partial charge is 0.370 e. The van der Waals surface area contributed by atoms with Crippen LogP contribution in [0.5, 0.6) is 0 Å². The number of carbonyl (C=O) groups excluding carboxylic acids is 4. The number of carbonyl (C=O) groups is 4. The molecule has 0 aromatic heterocycles. The second-order valence-electron chi connectivity index (χ2n) is 7.41. The summed E-state index contributed by atoms with van der Waals surface area (Å²) in [7, 11) is 0. The van der Waals surface area contributed by atoms with Crippen LogP contribution in [0.25, 0.3) is 0 Å². The van der Waals surface area contributed by atoms with Gasteiger partial charge in [0.25, 0.3) is 0 Å². The van der Waals surface area contributed by atoms with Gasteiger partial charge in [-0.3, -0.25) is 29.4 Å². The molecular weight excluding hydrogens is 348 g/mol. The standard InChI is InChI=1S/C19H22N4O4/c1-2-3-8-23-16(25)14-12(9-13(20)24)22-19(15(14)17(23)26)10-6-4-5-7-11(10)21-18(19)27/h4-7,12,14-15,22H,2-3,8-9H2,1H3,(H2,20,24)(H,21,27)/t12-,14-,15+,19-/m1/s1. The summed E-state index contributed by atoms with van der Waals surface area (Å²) in [5.74, 6) is -3.30. The van der Waals surface area contributed by atoms with Gasteiger partial charge >= 0.3 is 0 Å². The summed E-state index contributed by atoms with van der Waals surface area (Å²) in [6, 6.07) is 6.45. The summed E-state index contributed by atoms with van der Waals surface area (Å²) < 4.78 is 0. The van der Waals surface area contributed by atoms with Gasteiger partial charge in [-0.25, -0.2) is 0 Å². The Labute approximate surface area is 156 Å². The number of nitrogens with zero attached hydrogens (tertiary/aromatic N) is 1. The summed E-state index contributed by atoms with van der Waals surface area (Å²) in [5, 5.41) is 5.97. The van der Waals surface area contributed by atoms with Gasteiger partial charge in [-0.1, -0.05) is 31.5 Å². The van der Waals surface area contributed by atoms with Crippen molar-refractivity contribution in [1.82, 2.24) is 10.2 Å². The van der Waals surface area contributed by atoms with Crippen LogP contribution in [-0.2, 0) is 24.7 Å². The van der Waals surface area contributed by atoms with Crippen LogP contribution in [-0.4, -0.2) is 41.1 Å². The van der Waals surface area contributed by atoms with Gasteiger partial charge in [0, 0.05) is 30.3 Å². The van der Waals surface area contributed by atoms with Crippen LogP contribution < -0.4 is 16.4 Å². The van der Waals surface area contributed by atoms with E-state index >= 15 is 0 Å². The maximum Gasteiger partial charge on any atom is 0.250 e. The van der Waals surface area contributed by atoms with Gasteiger partial charge in [-0.15, -0.1) is 0 Å². The maximum absolute atomic E-state index is 13.2. The monoisotopic (exact) mass is 370 g/mol. The highest BCUT2D eigenvalue weighted by Crippen LogP contribution is 2.53. The first-order valence-corrected chi connectivity index (χ1v) is 9.24. The molecule has 4 N–H and O–H groups in total. The number of imide groups is 1. The van der Waals surface area contributed by atoms with E-state index < -0.39 is 29.3 Å². The van der Waals surface area contributed by atoms with E-state index in [0.717, 1.165) is 6.42 Å². The SMILES string of the molecule is CCCCN1C(=O)[C@H]2[C@@H](C1=O)[C@@]1(N[C@@H]2CC(N)=O)C(=O)Nc2ccccc21. The highest BCUT2D eigenvalue weighted by molar-refractivity contribution is 6.15. The lowest BCUT2D eigenvalue weighted by Gasteiger charge is -2.29. The number of para-hydroxylation sites is 1. The number of amides is 4. The summed E-state index contributed by atoms with van der Waals surface area (Å²) >= 11 is 0. The zero-order chi connectivity index (χ0) is 19.3. The Morgan fingerprint density at radius 2 is 1.96 bits per heavy atom. The molecule has 3 heterocycles. The summed E-state index contributed by atoms with van der Waals surface area (Å²) in [6.07, 6.45) is 1.42. The number of nitrogens with one attached hydrogen (secondary N) is 2. The van der Waals surface area contributed by atoms with Crippen molar-refractivity contribution >= 4 is 29.3 Å². The molecule has 2 saturated heterocycles. The third-order valence-corrected chi connectivity index (χ3v) is 5.87. The molecule has 1 spiro atoms. The Bertz CT molecular complexity index is 854. The molecule has 27 heavy (non-hydrogen) atoms. The summed E-state index contributed by atoms with van der Waals surface area (Å²) in [6.45, 7) is 2.30. The molecule has 4 rings (SSSR count). The number of nitrogens with two attached hydrogens (primary N) is 1. The van der Waals surface area contributed by atoms with Crippen molar-refractivity contribution in [2.75, 3.05) is 11.9 Å². The maximum atomic E-state index is 13.2. The average molecular weight is 370 g/mol. The first-order chi connectivity index (χ1) is 12.9. The van der Waals surface area contributed by atoms with E-state index in [-0.39, 0.29) is 24.1 Å². The Balaban J connectivity index is 1.83. The molecule has 0 saturated carbocycles. The van der Waals surface area contributed by atoms with Gasteiger partial charge in [-0.05, 0) is 12.5 Å². The predicted octanol–water partition coefficient (Wildman–Crippen LogP) is 0.0825. The third-order valence-electron chi connectivity index (χ3n) is 5.87. The van der Waals surface area contributed by atoms with Gasteiger partial charge in [0.2, 0.25) is 23.6 Å². The molecule has 8 heteroatoms. The minimum atomic E-state index is -1.35. The number of unbranched alkanes of at least 4 members (excludes halogenated alkanes) is 1. The number of hydrogen-bond acceptors (Lipinski definition) is 5. The van der Waals surface area contributed by atoms with Gasteiger partial charge in [0.1, 0.15) is 5.54 Å². The Morgan fingerprint density at radius 3 is 2.67 bits per heavy atom. The topological polar surface area (TPSA) is 122 Å². The van der Waals surface area contributed by atoms with E-state index in [9.17, 15) is 19.2 Å². The van der Waals surface area contributed by atoms with Crippen LogP contribution in [0.2, 0.25) is 0 Å². The van der Waals surface area contributed by atoms with E-state index in [1.54, 1.807) is 24.3 Å². The molecule has 8 nitrogen and oxygen atoms in total. The summed E-state index contributed by atoms with van der Waals surface area (Å²) in [4.78, 5) is 52.1. The first kappa shape index (κ1) is 17.7. The third kappa shape index (κ3) is 2.32. The molecule has 142 valence electrons. The molecule has 0 bridgehead atoms. The number of likely N-dealkylation sites (tertiary alicyclic amines) is 1. The lowest BCUT2D eigenvalue weighted by Crippen LogP contribution is -2.53. The van der Waals surface area contributed by atoms with E-state index in [1.165, 1.54) is 4.90 Å². The highest BCUT2D eigenvalue weighted by atomic mass is 16.2. The fourth-order valence-electron chi connectivity index (χ4n) is 4.75. The Kier molecular flexibility index (Phi) is 4.03. The van der Waals surface area contributed by atoms with Crippen molar-refractivity contribution in [3.05, 3.63) is 29.8 Å². The number of primary amides is 1. The van der Waals surface area contributed by atoms with Gasteiger partial charge < -0.3 is 11.1 Å². The molecule has 3 aliphatic rings. The van der Waals surface area contributed by atoms with Crippen LogP contribution in [0.15, 0.2) is 24.3 Å². The van der Waals surface area contributed by atoms with Gasteiger partial charge in [-0.2, -0.15) is 0 Å². The molecule has 1 aromatic carbocycles. The zero-order valence-electron chi connectivity index (χ0n) is 15.0. The molecule has 2 fully saturated rings. The molecule has 0 radical (unpaired) electrons. The number of benzene rings is 1. The number of fused-ring (bicyclic) bond motifs is 4. The molecule has 0 unspecified atom stereocenters. The quantitative estimate of drug-likeness (QED) is 0.634. The Morgan fingerprint density at radius 1 is 1.22 bits per heavy atom. The predicted molar refractivity (Wildman–Crippen MR) is 96.1 cm³/mol. The van der Waals surface area contributed by atoms with Crippen molar-refractivity contribution in [3.8, 4) is 0 Å². The first-order valence-electron chi connectivity index (χ1n) is 9.24. The highest BCUT2D eigenvalue weighted by Gasteiger charge is 2.70. The normalized spacial score (nSPS) is 31.4. The Hall–Kier alpha value is -2.74. The van der Waals surface area contributed by atoms with Crippen molar-refractivity contribution in [3.63, 3.8) is 0 Å². The number of anilines is 1. The fraction of sp³-hybridized carbons (Fsp3) is 0.474. The van der Waals surface area contributed by atoms with Crippen molar-refractivity contribution in [2.45, 2.75) is 37.8 Å². The van der Waals surface area contributed by atoms with Crippen LogP contribution in [0, 0.1) is 11.8 Å². The second kappa shape index (κ2) is 6.16. The van der Waals surface area contributed by atoms with Gasteiger partial charge in [0.05, 0.1) is 11.8 Å². The smallest absolute Gasteiger partial charge is 0.250 e. The van der Waals surface area contributed by atoms with E-state index in [4.69, 9.17) is 5.73 Å². The fourth-order valence-corrected chi connectivity index (χ4v) is 4.75. The molecule has 1 aromatic rings. The molecular formula is C19H22N4O4. The van der Waals surface area contributed by atoms with Crippen LogP contribution in [0.3, 0.4) is 0 Å². The number of hydrogen-bond donors (Lipinski definition) is 3. The van der Waals surface area contributed by atoms with Crippen molar-refractivity contribution in [1.29, 1.82) is 0 Å². The van der Waals surface area contributed by atoms with E-state index in [0.29, 0.717) is 24.2 Å². The molecule has 0 aliphatic carbocycles. The van der Waals surface area contributed by atoms with Crippen LogP contribution in [0.4, 0.5) is 5.69 Å². The van der Waals surface area contributed by atoms with E-state index in [1.807, 2.05) is 6.92 Å². The second-order valence-corrected chi connectivity index (χ2v) is 7.41. The average Bonchev–Trinajstić information content (AvgIpc) is 3.19. The molecule has 4 amide bonds. The van der Waals surface area contributed by atoms with Gasteiger partial charge in [0.15, 0.2) is 0 Å². The lowest BCUT2D eigenvalue weighted by molar-refractivity contribution is -0.142. The zero-order valence-corrected chi connectivity index (χ0v) is 15.0. The van der Waals surface area contributed by atoms with Crippen molar-refractivity contribution < 1.29 is 19.2 Å². The van der Waals surface area contributed by atoms with E-state index in [2.05, 4.69) is 10.6 Å². The van der Waals surface area contributed by atoms with Crippen LogP contribution in [0.1, 0.15) is 31.7 Å². The molecule has 3 aliphatic heterocycles. The lowest BCUT2D eigenvalue weighted by atomic mass is 9.76.